The van der Waals surface area contributed by atoms with Gasteiger partial charge in [0.1, 0.15) is 5.82 Å². The van der Waals surface area contributed by atoms with Crippen molar-refractivity contribution in [2.75, 3.05) is 13.1 Å². The molecule has 1 aliphatic rings. The summed E-state index contributed by atoms with van der Waals surface area (Å²) >= 11 is 0. The summed E-state index contributed by atoms with van der Waals surface area (Å²) in [5.74, 6) is -0.779. The number of carbonyl (C=O) groups excluding carboxylic acids is 2. The Morgan fingerprint density at radius 1 is 1.13 bits per heavy atom. The number of amides is 1. The zero-order valence-corrected chi connectivity index (χ0v) is 17.6. The first-order valence-corrected chi connectivity index (χ1v) is 10.7. The number of hydrogen-bond donors (Lipinski definition) is 0. The summed E-state index contributed by atoms with van der Waals surface area (Å²) in [5, 5.41) is 4.21. The quantitative estimate of drug-likeness (QED) is 0.553. The van der Waals surface area contributed by atoms with Gasteiger partial charge in [-0.3, -0.25) is 14.3 Å². The third-order valence-corrected chi connectivity index (χ3v) is 5.95. The lowest BCUT2D eigenvalue weighted by Crippen LogP contribution is -2.42. The predicted octanol–water partition coefficient (Wildman–Crippen LogP) is 4.51. The van der Waals surface area contributed by atoms with Crippen LogP contribution in [0.5, 0.6) is 0 Å². The van der Waals surface area contributed by atoms with E-state index in [-0.39, 0.29) is 17.6 Å². The first-order valence-electron chi connectivity index (χ1n) is 10.7. The Labute approximate surface area is 181 Å². The molecule has 2 heterocycles. The number of Topliss-reactive ketones (excluding diaryl/α,β-unsaturated/α-hetero) is 1. The van der Waals surface area contributed by atoms with Crippen LogP contribution in [0.25, 0.3) is 11.1 Å². The minimum atomic E-state index is -0.407. The Kier molecular flexibility index (Phi) is 6.26. The fraction of sp³-hybridized carbons (Fsp3) is 0.320. The van der Waals surface area contributed by atoms with E-state index < -0.39 is 5.82 Å². The zero-order chi connectivity index (χ0) is 21.8. The van der Waals surface area contributed by atoms with Crippen LogP contribution in [0, 0.1) is 18.7 Å². The van der Waals surface area contributed by atoms with E-state index in [0.717, 1.165) is 17.7 Å². The van der Waals surface area contributed by atoms with Gasteiger partial charge in [-0.2, -0.15) is 5.10 Å². The number of hydrogen-bond acceptors (Lipinski definition) is 3. The molecule has 2 aromatic carbocycles. The van der Waals surface area contributed by atoms with Crippen molar-refractivity contribution in [3.8, 4) is 11.1 Å². The second-order valence-electron chi connectivity index (χ2n) is 8.05. The third-order valence-electron chi connectivity index (χ3n) is 5.95. The molecule has 0 unspecified atom stereocenters. The SMILES string of the molecule is Cc1ccnn1CCC(=O)N1CCC[C@@H](C(=O)c2ccc(-c3ccccc3)c(F)c2)C1. The molecule has 1 amide bonds. The van der Waals surface area contributed by atoms with E-state index in [2.05, 4.69) is 5.10 Å². The van der Waals surface area contributed by atoms with Crippen LogP contribution < -0.4 is 0 Å². The van der Waals surface area contributed by atoms with Gasteiger partial charge in [-0.15, -0.1) is 0 Å². The number of aryl methyl sites for hydroxylation is 2. The van der Waals surface area contributed by atoms with E-state index in [0.29, 0.717) is 43.6 Å². The Hall–Kier alpha value is -3.28. The maximum atomic E-state index is 14.7. The van der Waals surface area contributed by atoms with Gasteiger partial charge in [0.2, 0.25) is 5.91 Å². The number of halogens is 1. The highest BCUT2D eigenvalue weighted by atomic mass is 19.1. The average Bonchev–Trinajstić information content (AvgIpc) is 3.22. The summed E-state index contributed by atoms with van der Waals surface area (Å²) in [6.07, 6.45) is 3.55. The van der Waals surface area contributed by atoms with Crippen LogP contribution in [0.2, 0.25) is 0 Å². The van der Waals surface area contributed by atoms with E-state index in [9.17, 15) is 14.0 Å². The Bertz CT molecular complexity index is 1080. The number of ketones is 1. The summed E-state index contributed by atoms with van der Waals surface area (Å²) in [5.41, 5.74) is 2.64. The van der Waals surface area contributed by atoms with Gasteiger partial charge in [0.15, 0.2) is 5.78 Å². The number of benzene rings is 2. The zero-order valence-electron chi connectivity index (χ0n) is 17.6. The first-order chi connectivity index (χ1) is 15.0. The van der Waals surface area contributed by atoms with E-state index in [1.165, 1.54) is 6.07 Å². The lowest BCUT2D eigenvalue weighted by atomic mass is 9.89. The summed E-state index contributed by atoms with van der Waals surface area (Å²) in [7, 11) is 0. The van der Waals surface area contributed by atoms with Crippen LogP contribution in [0.15, 0.2) is 60.8 Å². The minimum absolute atomic E-state index is 0.0259. The molecular weight excluding hydrogens is 393 g/mol. The fourth-order valence-electron chi connectivity index (χ4n) is 4.17. The average molecular weight is 420 g/mol. The number of piperidine rings is 1. The maximum Gasteiger partial charge on any atom is 0.224 e. The molecule has 0 saturated carbocycles. The molecule has 4 rings (SSSR count). The molecule has 1 atom stereocenters. The monoisotopic (exact) mass is 419 g/mol. The topological polar surface area (TPSA) is 55.2 Å². The molecule has 0 N–H and O–H groups in total. The van der Waals surface area contributed by atoms with Crippen molar-refractivity contribution in [2.24, 2.45) is 5.92 Å². The van der Waals surface area contributed by atoms with Crippen molar-refractivity contribution in [1.82, 2.24) is 14.7 Å². The molecule has 1 saturated heterocycles. The Morgan fingerprint density at radius 3 is 2.65 bits per heavy atom. The van der Waals surface area contributed by atoms with Crippen LogP contribution >= 0.6 is 0 Å². The van der Waals surface area contributed by atoms with E-state index in [1.807, 2.05) is 48.0 Å². The van der Waals surface area contributed by atoms with Crippen LogP contribution in [-0.2, 0) is 11.3 Å². The van der Waals surface area contributed by atoms with Crippen molar-refractivity contribution < 1.29 is 14.0 Å². The van der Waals surface area contributed by atoms with Crippen molar-refractivity contribution >= 4 is 11.7 Å². The molecule has 1 aliphatic heterocycles. The van der Waals surface area contributed by atoms with Gasteiger partial charge in [0.05, 0.1) is 0 Å². The number of aromatic nitrogens is 2. The summed E-state index contributed by atoms with van der Waals surface area (Å²) in [4.78, 5) is 27.5. The lowest BCUT2D eigenvalue weighted by Gasteiger charge is -2.32. The smallest absolute Gasteiger partial charge is 0.224 e. The summed E-state index contributed by atoms with van der Waals surface area (Å²) in [6, 6.07) is 15.9. The highest BCUT2D eigenvalue weighted by Gasteiger charge is 2.29. The molecule has 0 spiro atoms. The van der Waals surface area contributed by atoms with E-state index in [1.54, 1.807) is 23.2 Å². The molecule has 3 aromatic rings. The standard InChI is InChI=1S/C25H26FN3O2/c1-18-11-13-27-29(18)15-12-24(30)28-14-5-8-21(17-28)25(31)20-9-10-22(23(26)16-20)19-6-3-2-4-7-19/h2-4,6-7,9-11,13,16,21H,5,8,12,14-15,17H2,1H3/t21-/m1/s1. The van der Waals surface area contributed by atoms with Gasteiger partial charge in [0.25, 0.3) is 0 Å². The van der Waals surface area contributed by atoms with E-state index >= 15 is 0 Å². The van der Waals surface area contributed by atoms with Gasteiger partial charge in [0, 0.05) is 55.0 Å². The minimum Gasteiger partial charge on any atom is -0.342 e. The van der Waals surface area contributed by atoms with Crippen LogP contribution in [0.3, 0.4) is 0 Å². The molecule has 0 aliphatic carbocycles. The lowest BCUT2D eigenvalue weighted by molar-refractivity contribution is -0.132. The van der Waals surface area contributed by atoms with Crippen LogP contribution in [0.4, 0.5) is 4.39 Å². The van der Waals surface area contributed by atoms with Gasteiger partial charge in [-0.05, 0) is 37.5 Å². The second kappa shape index (κ2) is 9.25. The van der Waals surface area contributed by atoms with Crippen molar-refractivity contribution in [3.05, 3.63) is 77.9 Å². The Morgan fingerprint density at radius 2 is 1.94 bits per heavy atom. The molecule has 6 heteroatoms. The number of nitrogens with zero attached hydrogens (tertiary/aromatic N) is 3. The van der Waals surface area contributed by atoms with Crippen molar-refractivity contribution in [1.29, 1.82) is 0 Å². The van der Waals surface area contributed by atoms with E-state index in [4.69, 9.17) is 0 Å². The highest BCUT2D eigenvalue weighted by molar-refractivity contribution is 5.98. The maximum absolute atomic E-state index is 14.7. The molecule has 0 radical (unpaired) electrons. The Balaban J connectivity index is 1.41. The fourth-order valence-corrected chi connectivity index (χ4v) is 4.17. The second-order valence-corrected chi connectivity index (χ2v) is 8.05. The number of carbonyl (C=O) groups is 2. The third kappa shape index (κ3) is 4.74. The largest absolute Gasteiger partial charge is 0.342 e. The van der Waals surface area contributed by atoms with Crippen molar-refractivity contribution in [3.63, 3.8) is 0 Å². The summed E-state index contributed by atoms with van der Waals surface area (Å²) in [6.45, 7) is 3.52. The van der Waals surface area contributed by atoms with Gasteiger partial charge >= 0.3 is 0 Å². The van der Waals surface area contributed by atoms with Gasteiger partial charge in [-0.1, -0.05) is 42.5 Å². The number of rotatable bonds is 6. The van der Waals surface area contributed by atoms with Crippen LogP contribution in [-0.4, -0.2) is 39.5 Å². The van der Waals surface area contributed by atoms with Gasteiger partial charge in [-0.25, -0.2) is 4.39 Å². The van der Waals surface area contributed by atoms with Gasteiger partial charge < -0.3 is 4.90 Å². The molecule has 1 fully saturated rings. The highest BCUT2D eigenvalue weighted by Crippen LogP contribution is 2.26. The molecule has 31 heavy (non-hydrogen) atoms. The van der Waals surface area contributed by atoms with Crippen LogP contribution in [0.1, 0.15) is 35.3 Å². The molecule has 5 nitrogen and oxygen atoms in total. The normalized spacial score (nSPS) is 16.3. The molecule has 160 valence electrons. The number of likely N-dealkylation sites (tertiary alicyclic amines) is 1. The first kappa shape index (κ1) is 21.0. The molecule has 1 aromatic heterocycles. The molecule has 0 bridgehead atoms. The van der Waals surface area contributed by atoms with Crippen molar-refractivity contribution in [2.45, 2.75) is 32.7 Å². The molecular formula is C25H26FN3O2. The summed E-state index contributed by atoms with van der Waals surface area (Å²) < 4.78 is 16.5. The predicted molar refractivity (Wildman–Crippen MR) is 117 cm³/mol.